The molecule has 4 rings (SSSR count). The van der Waals surface area contributed by atoms with Crippen molar-refractivity contribution in [2.75, 3.05) is 18.5 Å². The van der Waals surface area contributed by atoms with Crippen molar-refractivity contribution in [3.8, 4) is 11.5 Å². The minimum absolute atomic E-state index is 0.121. The van der Waals surface area contributed by atoms with Crippen molar-refractivity contribution in [1.82, 2.24) is 14.8 Å². The van der Waals surface area contributed by atoms with Gasteiger partial charge in [0, 0.05) is 0 Å². The van der Waals surface area contributed by atoms with Gasteiger partial charge < -0.3 is 14.8 Å². The molecule has 0 radical (unpaired) electrons. The molecule has 1 aliphatic rings. The van der Waals surface area contributed by atoms with Crippen LogP contribution in [0.4, 0.5) is 5.95 Å². The standard InChI is InChI=1S/C21H24N4O2/c1-3-26-17-9-5-15(6-10-17)19-13-20(25-21(24-19)22-14-23-25)16-7-11-18(12-8-16)27-4-2/h5-12,14,19-20H,3-4,13H2,1-2H3,(H,22,23,24)/t19-,20+/m0/s1. The average molecular weight is 364 g/mol. The second-order valence-corrected chi connectivity index (χ2v) is 6.48. The second kappa shape index (κ2) is 7.70. The minimum atomic E-state index is 0.121. The topological polar surface area (TPSA) is 61.2 Å². The summed E-state index contributed by atoms with van der Waals surface area (Å²) in [4.78, 5) is 4.39. The maximum atomic E-state index is 5.57. The van der Waals surface area contributed by atoms with Crippen LogP contribution in [0, 0.1) is 0 Å². The lowest BCUT2D eigenvalue weighted by Crippen LogP contribution is -2.28. The molecule has 0 unspecified atom stereocenters. The van der Waals surface area contributed by atoms with Gasteiger partial charge in [-0.3, -0.25) is 0 Å². The predicted octanol–water partition coefficient (Wildman–Crippen LogP) is 4.22. The fourth-order valence-electron chi connectivity index (χ4n) is 3.53. The van der Waals surface area contributed by atoms with E-state index in [0.29, 0.717) is 13.2 Å². The Hall–Kier alpha value is -3.02. The molecule has 0 saturated carbocycles. The van der Waals surface area contributed by atoms with E-state index in [-0.39, 0.29) is 12.1 Å². The number of nitrogens with zero attached hydrogens (tertiary/aromatic N) is 3. The zero-order valence-corrected chi connectivity index (χ0v) is 15.6. The van der Waals surface area contributed by atoms with E-state index in [9.17, 15) is 0 Å². The number of aromatic nitrogens is 3. The smallest absolute Gasteiger partial charge is 0.222 e. The summed E-state index contributed by atoms with van der Waals surface area (Å²) in [5, 5.41) is 7.93. The summed E-state index contributed by atoms with van der Waals surface area (Å²) >= 11 is 0. The molecule has 0 saturated heterocycles. The van der Waals surface area contributed by atoms with Gasteiger partial charge in [-0.2, -0.15) is 10.1 Å². The highest BCUT2D eigenvalue weighted by Crippen LogP contribution is 2.38. The molecule has 0 spiro atoms. The van der Waals surface area contributed by atoms with Crippen molar-refractivity contribution in [1.29, 1.82) is 0 Å². The molecule has 3 aromatic rings. The van der Waals surface area contributed by atoms with Gasteiger partial charge in [0.15, 0.2) is 0 Å². The Labute approximate surface area is 159 Å². The van der Waals surface area contributed by atoms with E-state index in [1.165, 1.54) is 11.1 Å². The van der Waals surface area contributed by atoms with Crippen LogP contribution in [-0.4, -0.2) is 28.0 Å². The third kappa shape index (κ3) is 3.60. The van der Waals surface area contributed by atoms with Crippen molar-refractivity contribution >= 4 is 5.95 Å². The van der Waals surface area contributed by atoms with E-state index in [0.717, 1.165) is 23.9 Å². The molecule has 0 aliphatic carbocycles. The molecule has 2 aromatic carbocycles. The van der Waals surface area contributed by atoms with Crippen molar-refractivity contribution < 1.29 is 9.47 Å². The fourth-order valence-corrected chi connectivity index (χ4v) is 3.53. The highest BCUT2D eigenvalue weighted by atomic mass is 16.5. The summed E-state index contributed by atoms with van der Waals surface area (Å²) in [6.45, 7) is 5.32. The molecule has 0 fully saturated rings. The molecule has 2 atom stereocenters. The molecule has 6 nitrogen and oxygen atoms in total. The van der Waals surface area contributed by atoms with Crippen LogP contribution in [0.15, 0.2) is 54.9 Å². The summed E-state index contributed by atoms with van der Waals surface area (Å²) in [6, 6.07) is 16.8. The number of anilines is 1. The zero-order chi connectivity index (χ0) is 18.6. The number of fused-ring (bicyclic) bond motifs is 1. The molecule has 1 aliphatic heterocycles. The molecule has 0 amide bonds. The normalized spacial score (nSPS) is 18.4. The van der Waals surface area contributed by atoms with Crippen LogP contribution in [0.25, 0.3) is 0 Å². The monoisotopic (exact) mass is 364 g/mol. The molecular weight excluding hydrogens is 340 g/mol. The number of rotatable bonds is 6. The SMILES string of the molecule is CCOc1ccc([C@@H]2C[C@H](c3ccc(OCC)cc3)n3ncnc3N2)cc1. The molecule has 0 bridgehead atoms. The minimum Gasteiger partial charge on any atom is -0.494 e. The quantitative estimate of drug-likeness (QED) is 0.709. The van der Waals surface area contributed by atoms with E-state index >= 15 is 0 Å². The van der Waals surface area contributed by atoms with Crippen molar-refractivity contribution in [3.63, 3.8) is 0 Å². The van der Waals surface area contributed by atoms with Crippen LogP contribution >= 0.6 is 0 Å². The Balaban J connectivity index is 1.60. The molecule has 27 heavy (non-hydrogen) atoms. The van der Waals surface area contributed by atoms with Gasteiger partial charge in [-0.25, -0.2) is 4.68 Å². The van der Waals surface area contributed by atoms with Gasteiger partial charge in [0.2, 0.25) is 5.95 Å². The summed E-state index contributed by atoms with van der Waals surface area (Å²) in [7, 11) is 0. The first-order chi connectivity index (χ1) is 13.3. The molecule has 6 heteroatoms. The Kier molecular flexibility index (Phi) is 4.96. The third-order valence-corrected chi connectivity index (χ3v) is 4.80. The van der Waals surface area contributed by atoms with E-state index in [2.05, 4.69) is 39.7 Å². The van der Waals surface area contributed by atoms with Gasteiger partial charge in [0.1, 0.15) is 17.8 Å². The van der Waals surface area contributed by atoms with Crippen LogP contribution in [-0.2, 0) is 0 Å². The van der Waals surface area contributed by atoms with E-state index in [1.807, 2.05) is 42.8 Å². The lowest BCUT2D eigenvalue weighted by Gasteiger charge is -2.32. The zero-order valence-electron chi connectivity index (χ0n) is 15.6. The first kappa shape index (κ1) is 17.4. The van der Waals surface area contributed by atoms with E-state index in [4.69, 9.17) is 9.47 Å². The Morgan fingerprint density at radius 2 is 1.52 bits per heavy atom. The highest BCUT2D eigenvalue weighted by Gasteiger charge is 2.29. The van der Waals surface area contributed by atoms with Crippen LogP contribution in [0.2, 0.25) is 0 Å². The molecule has 2 heterocycles. The maximum absolute atomic E-state index is 5.57. The largest absolute Gasteiger partial charge is 0.494 e. The van der Waals surface area contributed by atoms with Crippen molar-refractivity contribution in [3.05, 3.63) is 66.0 Å². The molecular formula is C21H24N4O2. The lowest BCUT2D eigenvalue weighted by molar-refractivity contribution is 0.339. The van der Waals surface area contributed by atoms with Crippen LogP contribution in [0.1, 0.15) is 43.5 Å². The Bertz CT molecular complexity index is 874. The van der Waals surface area contributed by atoms with Gasteiger partial charge in [0.05, 0.1) is 25.3 Å². The molecule has 140 valence electrons. The first-order valence-corrected chi connectivity index (χ1v) is 9.40. The number of nitrogens with one attached hydrogen (secondary N) is 1. The Morgan fingerprint density at radius 1 is 0.926 bits per heavy atom. The van der Waals surface area contributed by atoms with Crippen LogP contribution in [0.5, 0.6) is 11.5 Å². The first-order valence-electron chi connectivity index (χ1n) is 9.40. The fraction of sp³-hybridized carbons (Fsp3) is 0.333. The molecule has 1 aromatic heterocycles. The van der Waals surface area contributed by atoms with Gasteiger partial charge in [-0.05, 0) is 55.7 Å². The Morgan fingerprint density at radius 3 is 2.11 bits per heavy atom. The van der Waals surface area contributed by atoms with Crippen LogP contribution < -0.4 is 14.8 Å². The lowest BCUT2D eigenvalue weighted by atomic mass is 9.93. The number of hydrogen-bond donors (Lipinski definition) is 1. The number of ether oxygens (including phenoxy) is 2. The third-order valence-electron chi connectivity index (χ3n) is 4.80. The highest BCUT2D eigenvalue weighted by molar-refractivity contribution is 5.40. The summed E-state index contributed by atoms with van der Waals surface area (Å²) < 4.78 is 13.1. The van der Waals surface area contributed by atoms with Crippen LogP contribution in [0.3, 0.4) is 0 Å². The van der Waals surface area contributed by atoms with Gasteiger partial charge in [0.25, 0.3) is 0 Å². The summed E-state index contributed by atoms with van der Waals surface area (Å²) in [5.74, 6) is 2.57. The number of hydrogen-bond acceptors (Lipinski definition) is 5. The summed E-state index contributed by atoms with van der Waals surface area (Å²) in [5.41, 5.74) is 2.41. The average Bonchev–Trinajstić information content (AvgIpc) is 3.18. The van der Waals surface area contributed by atoms with Crippen molar-refractivity contribution in [2.24, 2.45) is 0 Å². The second-order valence-electron chi connectivity index (χ2n) is 6.48. The van der Waals surface area contributed by atoms with E-state index < -0.39 is 0 Å². The predicted molar refractivity (Wildman–Crippen MR) is 104 cm³/mol. The number of benzene rings is 2. The molecule has 1 N–H and O–H groups in total. The van der Waals surface area contributed by atoms with Gasteiger partial charge in [-0.15, -0.1) is 0 Å². The van der Waals surface area contributed by atoms with Crippen molar-refractivity contribution in [2.45, 2.75) is 32.4 Å². The summed E-state index contributed by atoms with van der Waals surface area (Å²) in [6.07, 6.45) is 2.49. The van der Waals surface area contributed by atoms with Gasteiger partial charge in [-0.1, -0.05) is 24.3 Å². The van der Waals surface area contributed by atoms with E-state index in [1.54, 1.807) is 6.33 Å². The van der Waals surface area contributed by atoms with Gasteiger partial charge >= 0.3 is 0 Å². The maximum Gasteiger partial charge on any atom is 0.222 e.